The highest BCUT2D eigenvalue weighted by Gasteiger charge is 2.08. The summed E-state index contributed by atoms with van der Waals surface area (Å²) in [5.74, 6) is 1.43. The van der Waals surface area contributed by atoms with Gasteiger partial charge in [0.2, 0.25) is 0 Å². The third kappa shape index (κ3) is 2.33. The second-order valence-electron chi connectivity index (χ2n) is 4.09. The molecule has 0 radical (unpaired) electrons. The number of benzene rings is 1. The Morgan fingerprint density at radius 3 is 2.53 bits per heavy atom. The molecule has 2 aromatic heterocycles. The fourth-order valence-electron chi connectivity index (χ4n) is 1.85. The molecule has 0 saturated heterocycles. The van der Waals surface area contributed by atoms with Crippen LogP contribution < -0.4 is 5.32 Å². The van der Waals surface area contributed by atoms with Crippen LogP contribution in [-0.2, 0) is 0 Å². The maximum Gasteiger partial charge on any atom is 0.165 e. The van der Waals surface area contributed by atoms with Gasteiger partial charge >= 0.3 is 0 Å². The zero-order valence-electron chi connectivity index (χ0n) is 10.5. The Bertz CT molecular complexity index is 663. The smallest absolute Gasteiger partial charge is 0.165 e. The summed E-state index contributed by atoms with van der Waals surface area (Å²) in [4.78, 5) is 9.02. The third-order valence-electron chi connectivity index (χ3n) is 2.83. The summed E-state index contributed by atoms with van der Waals surface area (Å²) in [6, 6.07) is 13.8. The van der Waals surface area contributed by atoms with E-state index in [9.17, 15) is 0 Å². The van der Waals surface area contributed by atoms with Gasteiger partial charge in [-0.05, 0) is 6.07 Å². The van der Waals surface area contributed by atoms with Crippen LogP contribution in [0.3, 0.4) is 0 Å². The van der Waals surface area contributed by atoms with Crippen LogP contribution in [0.1, 0.15) is 0 Å². The van der Waals surface area contributed by atoms with Gasteiger partial charge in [-0.15, -0.1) is 0 Å². The molecule has 0 saturated carbocycles. The normalized spacial score (nSPS) is 10.4. The first-order valence-electron chi connectivity index (χ1n) is 6.01. The number of aromatic nitrogens is 2. The minimum Gasteiger partial charge on any atom is -0.472 e. The van der Waals surface area contributed by atoms with Crippen LogP contribution in [-0.4, -0.2) is 17.0 Å². The van der Waals surface area contributed by atoms with Crippen molar-refractivity contribution in [2.24, 2.45) is 0 Å². The van der Waals surface area contributed by atoms with Gasteiger partial charge in [0.25, 0.3) is 0 Å². The molecule has 4 nitrogen and oxygen atoms in total. The van der Waals surface area contributed by atoms with Gasteiger partial charge in [0.05, 0.1) is 17.5 Å². The average molecular weight is 251 g/mol. The van der Waals surface area contributed by atoms with Crippen LogP contribution in [0.4, 0.5) is 5.82 Å². The standard InChI is InChI=1S/C15H13N3O/c1-16-14-9-13(11-5-3-2-4-6-11)17-15(18-14)12-7-8-19-10-12/h2-10H,1H3,(H,16,17,18). The van der Waals surface area contributed by atoms with Crippen LogP contribution in [0.5, 0.6) is 0 Å². The van der Waals surface area contributed by atoms with Crippen molar-refractivity contribution in [3.63, 3.8) is 0 Å². The van der Waals surface area contributed by atoms with Crippen LogP contribution in [0, 0.1) is 0 Å². The molecule has 0 fully saturated rings. The molecule has 19 heavy (non-hydrogen) atoms. The SMILES string of the molecule is CNc1cc(-c2ccccc2)nc(-c2ccoc2)n1. The fraction of sp³-hybridized carbons (Fsp3) is 0.0667. The fourth-order valence-corrected chi connectivity index (χ4v) is 1.85. The van der Waals surface area contributed by atoms with E-state index in [0.717, 1.165) is 22.6 Å². The van der Waals surface area contributed by atoms with Gasteiger partial charge in [0, 0.05) is 18.7 Å². The predicted molar refractivity (Wildman–Crippen MR) is 74.7 cm³/mol. The Morgan fingerprint density at radius 2 is 1.84 bits per heavy atom. The minimum atomic E-state index is 0.652. The second kappa shape index (κ2) is 4.94. The Morgan fingerprint density at radius 1 is 1.00 bits per heavy atom. The maximum atomic E-state index is 5.09. The summed E-state index contributed by atoms with van der Waals surface area (Å²) >= 11 is 0. The first kappa shape index (κ1) is 11.5. The lowest BCUT2D eigenvalue weighted by Crippen LogP contribution is -1.98. The van der Waals surface area contributed by atoms with Gasteiger partial charge < -0.3 is 9.73 Å². The maximum absolute atomic E-state index is 5.09. The summed E-state index contributed by atoms with van der Waals surface area (Å²) in [7, 11) is 1.84. The Labute approximate surface area is 111 Å². The predicted octanol–water partition coefficient (Wildman–Crippen LogP) is 3.45. The van der Waals surface area contributed by atoms with Crippen molar-refractivity contribution < 1.29 is 4.42 Å². The molecule has 3 aromatic rings. The van der Waals surface area contributed by atoms with Crippen molar-refractivity contribution in [2.75, 3.05) is 12.4 Å². The van der Waals surface area contributed by atoms with Crippen molar-refractivity contribution in [1.29, 1.82) is 0 Å². The van der Waals surface area contributed by atoms with Crippen molar-refractivity contribution in [1.82, 2.24) is 9.97 Å². The molecule has 0 aliphatic rings. The molecule has 1 N–H and O–H groups in total. The Hall–Kier alpha value is -2.62. The van der Waals surface area contributed by atoms with E-state index in [1.165, 1.54) is 0 Å². The molecule has 0 bridgehead atoms. The molecular weight excluding hydrogens is 238 g/mol. The molecule has 0 aliphatic carbocycles. The molecule has 2 heterocycles. The molecule has 3 rings (SSSR count). The average Bonchev–Trinajstić information content (AvgIpc) is 3.02. The highest BCUT2D eigenvalue weighted by atomic mass is 16.3. The molecule has 4 heteroatoms. The topological polar surface area (TPSA) is 51.0 Å². The number of hydrogen-bond acceptors (Lipinski definition) is 4. The van der Waals surface area contributed by atoms with Gasteiger partial charge in [-0.2, -0.15) is 0 Å². The number of nitrogens with one attached hydrogen (secondary N) is 1. The van der Waals surface area contributed by atoms with Crippen molar-refractivity contribution >= 4 is 5.82 Å². The first-order valence-corrected chi connectivity index (χ1v) is 6.01. The molecular formula is C15H13N3O. The monoisotopic (exact) mass is 251 g/mol. The van der Waals surface area contributed by atoms with Gasteiger partial charge in [0.15, 0.2) is 5.82 Å². The zero-order chi connectivity index (χ0) is 13.1. The van der Waals surface area contributed by atoms with E-state index >= 15 is 0 Å². The lowest BCUT2D eigenvalue weighted by atomic mass is 10.1. The van der Waals surface area contributed by atoms with Crippen molar-refractivity contribution in [3.05, 3.63) is 55.0 Å². The summed E-state index contributed by atoms with van der Waals surface area (Å²) in [6.45, 7) is 0. The van der Waals surface area contributed by atoms with Gasteiger partial charge in [0.1, 0.15) is 12.1 Å². The number of anilines is 1. The molecule has 94 valence electrons. The van der Waals surface area contributed by atoms with Crippen LogP contribution in [0.2, 0.25) is 0 Å². The van der Waals surface area contributed by atoms with E-state index in [1.807, 2.05) is 49.5 Å². The third-order valence-corrected chi connectivity index (χ3v) is 2.83. The zero-order valence-corrected chi connectivity index (χ0v) is 10.5. The van der Waals surface area contributed by atoms with Crippen molar-refractivity contribution in [3.8, 4) is 22.6 Å². The first-order chi connectivity index (χ1) is 9.36. The summed E-state index contributed by atoms with van der Waals surface area (Å²) < 4.78 is 5.09. The van der Waals surface area contributed by atoms with Gasteiger partial charge in [-0.1, -0.05) is 30.3 Å². The Balaban J connectivity index is 2.13. The van der Waals surface area contributed by atoms with E-state index in [-0.39, 0.29) is 0 Å². The van der Waals surface area contributed by atoms with Crippen LogP contribution in [0.15, 0.2) is 59.4 Å². The highest BCUT2D eigenvalue weighted by Crippen LogP contribution is 2.24. The summed E-state index contributed by atoms with van der Waals surface area (Å²) in [5.41, 5.74) is 2.82. The van der Waals surface area contributed by atoms with E-state index < -0.39 is 0 Å². The largest absolute Gasteiger partial charge is 0.472 e. The van der Waals surface area contributed by atoms with E-state index in [1.54, 1.807) is 12.5 Å². The number of hydrogen-bond donors (Lipinski definition) is 1. The van der Waals surface area contributed by atoms with Gasteiger partial charge in [-0.3, -0.25) is 0 Å². The molecule has 0 aliphatic heterocycles. The van der Waals surface area contributed by atoms with Crippen LogP contribution in [0.25, 0.3) is 22.6 Å². The molecule has 1 aromatic carbocycles. The van der Waals surface area contributed by atoms with E-state index in [4.69, 9.17) is 4.42 Å². The van der Waals surface area contributed by atoms with Crippen molar-refractivity contribution in [2.45, 2.75) is 0 Å². The Kier molecular flexibility index (Phi) is 2.98. The number of rotatable bonds is 3. The number of nitrogens with zero attached hydrogens (tertiary/aromatic N) is 2. The highest BCUT2D eigenvalue weighted by molar-refractivity contribution is 5.66. The van der Waals surface area contributed by atoms with E-state index in [2.05, 4.69) is 15.3 Å². The van der Waals surface area contributed by atoms with Gasteiger partial charge in [-0.25, -0.2) is 9.97 Å². The summed E-state index contributed by atoms with van der Waals surface area (Å²) in [5, 5.41) is 3.06. The molecule has 0 amide bonds. The van der Waals surface area contributed by atoms with E-state index in [0.29, 0.717) is 5.82 Å². The lowest BCUT2D eigenvalue weighted by Gasteiger charge is -2.06. The second-order valence-corrected chi connectivity index (χ2v) is 4.09. The quantitative estimate of drug-likeness (QED) is 0.774. The van der Waals surface area contributed by atoms with Crippen LogP contribution >= 0.6 is 0 Å². The number of furan rings is 1. The summed E-state index contributed by atoms with van der Waals surface area (Å²) in [6.07, 6.45) is 3.26. The molecule has 0 unspecified atom stereocenters. The molecule has 0 atom stereocenters. The molecule has 0 spiro atoms. The lowest BCUT2D eigenvalue weighted by molar-refractivity contribution is 0.568. The minimum absolute atomic E-state index is 0.652.